The maximum Gasteiger partial charge on any atom is 0.325 e. The smallest absolute Gasteiger partial charge is 0.325 e. The Hall–Kier alpha value is -2.94. The summed E-state index contributed by atoms with van der Waals surface area (Å²) in [6.07, 6.45) is -0.574. The van der Waals surface area contributed by atoms with Crippen molar-refractivity contribution in [2.45, 2.75) is 25.7 Å². The molecule has 0 bridgehead atoms. The van der Waals surface area contributed by atoms with Crippen LogP contribution >= 0.6 is 0 Å². The minimum atomic E-state index is -0.610. The van der Waals surface area contributed by atoms with E-state index in [1.54, 1.807) is 19.2 Å². The van der Waals surface area contributed by atoms with Crippen molar-refractivity contribution in [2.75, 3.05) is 39.8 Å². The number of guanidine groups is 1. The van der Waals surface area contributed by atoms with E-state index in [2.05, 4.69) is 21.7 Å². The third kappa shape index (κ3) is 3.89. The summed E-state index contributed by atoms with van der Waals surface area (Å²) in [6, 6.07) is 5.18. The minimum absolute atomic E-state index is 0.304. The van der Waals surface area contributed by atoms with E-state index in [-0.39, 0.29) is 11.7 Å². The van der Waals surface area contributed by atoms with Crippen LogP contribution in [0, 0.1) is 5.82 Å². The Labute approximate surface area is 175 Å². The van der Waals surface area contributed by atoms with Gasteiger partial charge < -0.3 is 14.7 Å². The molecule has 0 aromatic heterocycles. The Bertz CT molecular complexity index is 878. The number of hydrogen-bond acceptors (Lipinski definition) is 6. The number of carbonyl (C=O) groups is 2. The number of aliphatic imine (C=N–C) groups is 1. The van der Waals surface area contributed by atoms with Gasteiger partial charge in [0, 0.05) is 46.3 Å². The number of fused-ring (bicyclic) bond motifs is 1. The van der Waals surface area contributed by atoms with Crippen LogP contribution in [0.5, 0.6) is 0 Å². The van der Waals surface area contributed by atoms with Crippen LogP contribution in [0.25, 0.3) is 0 Å². The van der Waals surface area contributed by atoms with Crippen molar-refractivity contribution in [3.8, 4) is 0 Å². The number of imide groups is 1. The van der Waals surface area contributed by atoms with Gasteiger partial charge in [0.05, 0.1) is 0 Å². The largest absolute Gasteiger partial charge is 0.340 e. The Morgan fingerprint density at radius 1 is 1.20 bits per heavy atom. The Balaban J connectivity index is 1.58. The molecule has 2 fully saturated rings. The number of likely N-dealkylation sites (N-methyl/N-ethyl adjacent to an activating group) is 1. The fraction of sp³-hybridized carbons (Fsp3) is 0.476. The molecule has 30 heavy (non-hydrogen) atoms. The predicted octanol–water partition coefficient (Wildman–Crippen LogP) is 1.07. The van der Waals surface area contributed by atoms with E-state index in [0.717, 1.165) is 43.9 Å². The zero-order valence-corrected chi connectivity index (χ0v) is 17.3. The normalized spacial score (nSPS) is 24.6. The lowest BCUT2D eigenvalue weighted by Gasteiger charge is -2.40. The van der Waals surface area contributed by atoms with Crippen LogP contribution in [0.2, 0.25) is 0 Å². The third-order valence-electron chi connectivity index (χ3n) is 5.75. The van der Waals surface area contributed by atoms with E-state index in [1.165, 1.54) is 17.0 Å². The first kappa shape index (κ1) is 20.3. The van der Waals surface area contributed by atoms with Gasteiger partial charge in [-0.3, -0.25) is 15.0 Å². The Morgan fingerprint density at radius 2 is 1.87 bits per heavy atom. The topological polar surface area (TPSA) is 71.5 Å². The van der Waals surface area contributed by atoms with E-state index < -0.39 is 18.2 Å². The zero-order valence-electron chi connectivity index (χ0n) is 17.3. The van der Waals surface area contributed by atoms with Gasteiger partial charge in [-0.25, -0.2) is 14.2 Å². The number of benzene rings is 1. The number of rotatable bonds is 4. The number of hydrogen-bond donors (Lipinski definition) is 1. The molecule has 8 nitrogen and oxygen atoms in total. The summed E-state index contributed by atoms with van der Waals surface area (Å²) < 4.78 is 13.4. The SMILES string of the molecule is C=C(C)CN1CCN(C2=NC3C(C(=O)NC(=O)N3C)N2Cc2ccc(F)cc2)CC1. The van der Waals surface area contributed by atoms with Gasteiger partial charge in [-0.05, 0) is 24.6 Å². The molecule has 0 saturated carbocycles. The monoisotopic (exact) mass is 414 g/mol. The first-order valence-electron chi connectivity index (χ1n) is 10.1. The van der Waals surface area contributed by atoms with Gasteiger partial charge in [-0.1, -0.05) is 24.3 Å². The molecule has 3 amide bonds. The number of carbonyl (C=O) groups excluding carboxylic acids is 2. The maximum absolute atomic E-state index is 13.4. The van der Waals surface area contributed by atoms with Crippen LogP contribution in [0.3, 0.4) is 0 Å². The second-order valence-electron chi connectivity index (χ2n) is 8.17. The first-order valence-corrected chi connectivity index (χ1v) is 10.1. The molecule has 2 unspecified atom stereocenters. The second kappa shape index (κ2) is 8.06. The van der Waals surface area contributed by atoms with Crippen LogP contribution in [-0.2, 0) is 11.3 Å². The van der Waals surface area contributed by atoms with Crippen molar-refractivity contribution in [2.24, 2.45) is 4.99 Å². The molecule has 2 saturated heterocycles. The highest BCUT2D eigenvalue weighted by atomic mass is 19.1. The molecular weight excluding hydrogens is 387 g/mol. The van der Waals surface area contributed by atoms with Gasteiger partial charge in [0.2, 0.25) is 0 Å². The zero-order chi connectivity index (χ0) is 21.4. The molecule has 1 aromatic rings. The molecule has 1 aromatic carbocycles. The van der Waals surface area contributed by atoms with E-state index >= 15 is 0 Å². The van der Waals surface area contributed by atoms with Gasteiger partial charge >= 0.3 is 6.03 Å². The van der Waals surface area contributed by atoms with Crippen LogP contribution in [0.4, 0.5) is 9.18 Å². The summed E-state index contributed by atoms with van der Waals surface area (Å²) >= 11 is 0. The number of nitrogens with zero attached hydrogens (tertiary/aromatic N) is 5. The van der Waals surface area contributed by atoms with E-state index in [4.69, 9.17) is 4.99 Å². The van der Waals surface area contributed by atoms with Gasteiger partial charge in [-0.15, -0.1) is 0 Å². The second-order valence-corrected chi connectivity index (χ2v) is 8.17. The van der Waals surface area contributed by atoms with Crippen LogP contribution < -0.4 is 5.32 Å². The summed E-state index contributed by atoms with van der Waals surface area (Å²) in [4.78, 5) is 37.5. The Morgan fingerprint density at radius 3 is 2.50 bits per heavy atom. The summed E-state index contributed by atoms with van der Waals surface area (Å²) in [6.45, 7) is 10.6. The average molecular weight is 414 g/mol. The highest BCUT2D eigenvalue weighted by Gasteiger charge is 2.49. The van der Waals surface area contributed by atoms with Crippen molar-refractivity contribution in [1.82, 2.24) is 24.9 Å². The number of nitrogens with one attached hydrogen (secondary N) is 1. The number of amides is 3. The molecule has 2 atom stereocenters. The lowest BCUT2D eigenvalue weighted by molar-refractivity contribution is -0.127. The highest BCUT2D eigenvalue weighted by molar-refractivity contribution is 6.03. The lowest BCUT2D eigenvalue weighted by atomic mass is 10.1. The highest BCUT2D eigenvalue weighted by Crippen LogP contribution is 2.27. The molecule has 0 spiro atoms. The van der Waals surface area contributed by atoms with Crippen molar-refractivity contribution in [3.63, 3.8) is 0 Å². The molecule has 3 aliphatic heterocycles. The summed E-state index contributed by atoms with van der Waals surface area (Å²) in [7, 11) is 1.65. The van der Waals surface area contributed by atoms with Crippen LogP contribution in [-0.4, -0.2) is 89.5 Å². The lowest BCUT2D eigenvalue weighted by Crippen LogP contribution is -2.64. The van der Waals surface area contributed by atoms with Gasteiger partial charge in [-0.2, -0.15) is 0 Å². The van der Waals surface area contributed by atoms with E-state index in [0.29, 0.717) is 12.5 Å². The van der Waals surface area contributed by atoms with Crippen molar-refractivity contribution < 1.29 is 14.0 Å². The number of urea groups is 1. The van der Waals surface area contributed by atoms with Gasteiger partial charge in [0.15, 0.2) is 18.2 Å². The molecule has 1 N–H and O–H groups in total. The predicted molar refractivity (Wildman–Crippen MR) is 111 cm³/mol. The molecule has 4 rings (SSSR count). The molecular formula is C21H27FN6O2. The number of piperazine rings is 1. The third-order valence-corrected chi connectivity index (χ3v) is 5.75. The molecule has 0 aliphatic carbocycles. The van der Waals surface area contributed by atoms with Crippen LogP contribution in [0.1, 0.15) is 12.5 Å². The number of halogens is 1. The molecule has 3 aliphatic rings. The average Bonchev–Trinajstić information content (AvgIpc) is 3.08. The van der Waals surface area contributed by atoms with Crippen molar-refractivity contribution >= 4 is 17.9 Å². The minimum Gasteiger partial charge on any atom is -0.340 e. The fourth-order valence-corrected chi connectivity index (χ4v) is 4.22. The molecule has 160 valence electrons. The van der Waals surface area contributed by atoms with Crippen molar-refractivity contribution in [3.05, 3.63) is 47.8 Å². The summed E-state index contributed by atoms with van der Waals surface area (Å²) in [5.74, 6) is 0.0483. The summed E-state index contributed by atoms with van der Waals surface area (Å²) in [5.41, 5.74) is 2.00. The van der Waals surface area contributed by atoms with Gasteiger partial charge in [0.25, 0.3) is 5.91 Å². The Kier molecular flexibility index (Phi) is 5.46. The quantitative estimate of drug-likeness (QED) is 0.747. The molecule has 0 radical (unpaired) electrons. The van der Waals surface area contributed by atoms with E-state index in [9.17, 15) is 14.0 Å². The first-order chi connectivity index (χ1) is 14.3. The summed E-state index contributed by atoms with van der Waals surface area (Å²) in [5, 5.41) is 2.41. The van der Waals surface area contributed by atoms with Crippen LogP contribution in [0.15, 0.2) is 41.4 Å². The fourth-order valence-electron chi connectivity index (χ4n) is 4.22. The maximum atomic E-state index is 13.4. The molecule has 9 heteroatoms. The van der Waals surface area contributed by atoms with Crippen molar-refractivity contribution in [1.29, 1.82) is 0 Å². The van der Waals surface area contributed by atoms with E-state index in [1.807, 2.05) is 11.8 Å². The standard InChI is InChI=1S/C21H27FN6O2/c1-14(2)12-26-8-10-27(11-9-26)20-23-18-17(19(29)24-21(30)25(18)3)28(20)13-15-4-6-16(22)7-5-15/h4-7,17-18H,1,8-13H2,2-3H3,(H,24,29,30). The molecule has 3 heterocycles. The van der Waals surface area contributed by atoms with Gasteiger partial charge in [0.1, 0.15) is 5.82 Å².